The maximum atomic E-state index is 6.13. The lowest BCUT2D eigenvalue weighted by Crippen LogP contribution is -2.30. The van der Waals surface area contributed by atoms with E-state index in [0.29, 0.717) is 6.04 Å². The van der Waals surface area contributed by atoms with E-state index in [9.17, 15) is 0 Å². The van der Waals surface area contributed by atoms with Crippen molar-refractivity contribution in [1.29, 1.82) is 0 Å². The Hall–Kier alpha value is -0.570. The second kappa shape index (κ2) is 8.77. The van der Waals surface area contributed by atoms with Crippen LogP contribution in [0.25, 0.3) is 0 Å². The van der Waals surface area contributed by atoms with Gasteiger partial charge in [-0.15, -0.1) is 0 Å². The van der Waals surface area contributed by atoms with Crippen LogP contribution in [0.5, 0.6) is 0 Å². The van der Waals surface area contributed by atoms with Crippen molar-refractivity contribution < 1.29 is 0 Å². The molecule has 0 amide bonds. The van der Waals surface area contributed by atoms with Gasteiger partial charge < -0.3 is 10.2 Å². The molecule has 1 fully saturated rings. The summed E-state index contributed by atoms with van der Waals surface area (Å²) in [6.07, 6.45) is 6.85. The Balaban J connectivity index is 1.84. The van der Waals surface area contributed by atoms with Crippen LogP contribution in [0.2, 0.25) is 5.02 Å². The van der Waals surface area contributed by atoms with Gasteiger partial charge in [0, 0.05) is 17.6 Å². The highest BCUT2D eigenvalue weighted by Gasteiger charge is 2.18. The average Bonchev–Trinajstić information content (AvgIpc) is 2.96. The molecule has 1 saturated carbocycles. The molecule has 1 N–H and O–H groups in total. The summed E-state index contributed by atoms with van der Waals surface area (Å²) in [5, 5.41) is 4.42. The Labute approximate surface area is 134 Å². The van der Waals surface area contributed by atoms with E-state index in [4.69, 9.17) is 11.6 Å². The zero-order valence-corrected chi connectivity index (χ0v) is 14.2. The van der Waals surface area contributed by atoms with Crippen molar-refractivity contribution >= 4 is 11.6 Å². The number of nitrogens with zero attached hydrogens (tertiary/aromatic N) is 1. The summed E-state index contributed by atoms with van der Waals surface area (Å²) < 4.78 is 0. The van der Waals surface area contributed by atoms with Crippen molar-refractivity contribution in [1.82, 2.24) is 10.2 Å². The molecule has 1 aromatic rings. The first-order valence-electron chi connectivity index (χ1n) is 8.36. The number of benzene rings is 1. The van der Waals surface area contributed by atoms with E-state index in [0.717, 1.165) is 30.5 Å². The minimum absolute atomic E-state index is 0.403. The number of rotatable bonds is 8. The normalized spacial score (nSPS) is 17.5. The maximum absolute atomic E-state index is 6.13. The van der Waals surface area contributed by atoms with Crippen LogP contribution in [0.15, 0.2) is 24.3 Å². The highest BCUT2D eigenvalue weighted by molar-refractivity contribution is 6.30. The molecular weight excluding hydrogens is 280 g/mol. The van der Waals surface area contributed by atoms with Crippen LogP contribution in [-0.4, -0.2) is 31.6 Å². The van der Waals surface area contributed by atoms with E-state index >= 15 is 0 Å². The first-order valence-corrected chi connectivity index (χ1v) is 8.74. The van der Waals surface area contributed by atoms with E-state index in [-0.39, 0.29) is 0 Å². The number of hydrogen-bond acceptors (Lipinski definition) is 2. The molecular formula is C18H29ClN2. The molecule has 1 aliphatic rings. The van der Waals surface area contributed by atoms with Gasteiger partial charge in [0.15, 0.2) is 0 Å². The smallest absolute Gasteiger partial charge is 0.0409 e. The first-order chi connectivity index (χ1) is 10.2. The van der Waals surface area contributed by atoms with Gasteiger partial charge in [-0.2, -0.15) is 0 Å². The molecule has 1 aromatic carbocycles. The third kappa shape index (κ3) is 5.61. The second-order valence-corrected chi connectivity index (χ2v) is 6.80. The molecule has 118 valence electrons. The summed E-state index contributed by atoms with van der Waals surface area (Å²) in [4.78, 5) is 2.50. The lowest BCUT2D eigenvalue weighted by atomic mass is 10.0. The molecule has 21 heavy (non-hydrogen) atoms. The molecule has 0 spiro atoms. The SMILES string of the molecule is CCNC(CCN(C)CC1CCCC1)c1cccc(Cl)c1. The zero-order valence-electron chi connectivity index (χ0n) is 13.4. The molecule has 1 unspecified atom stereocenters. The van der Waals surface area contributed by atoms with Crippen LogP contribution in [0.4, 0.5) is 0 Å². The van der Waals surface area contributed by atoms with Crippen LogP contribution in [0.1, 0.15) is 50.6 Å². The second-order valence-electron chi connectivity index (χ2n) is 6.37. The highest BCUT2D eigenvalue weighted by Crippen LogP contribution is 2.26. The third-order valence-corrected chi connectivity index (χ3v) is 4.78. The number of nitrogens with one attached hydrogen (secondary N) is 1. The van der Waals surface area contributed by atoms with Crippen molar-refractivity contribution in [3.63, 3.8) is 0 Å². The fraction of sp³-hybridized carbons (Fsp3) is 0.667. The fourth-order valence-corrected chi connectivity index (χ4v) is 3.63. The zero-order chi connectivity index (χ0) is 15.1. The molecule has 3 heteroatoms. The predicted octanol–water partition coefficient (Wildman–Crippen LogP) is 4.50. The van der Waals surface area contributed by atoms with Gasteiger partial charge in [0.25, 0.3) is 0 Å². The third-order valence-electron chi connectivity index (χ3n) is 4.55. The summed E-state index contributed by atoms with van der Waals surface area (Å²) >= 11 is 6.13. The molecule has 0 saturated heterocycles. The Morgan fingerprint density at radius 2 is 2.10 bits per heavy atom. The van der Waals surface area contributed by atoms with Crippen molar-refractivity contribution in [3.05, 3.63) is 34.9 Å². The minimum atomic E-state index is 0.403. The van der Waals surface area contributed by atoms with Crippen molar-refractivity contribution in [2.75, 3.05) is 26.7 Å². The van der Waals surface area contributed by atoms with Crippen molar-refractivity contribution in [2.45, 2.75) is 45.1 Å². The quantitative estimate of drug-likeness (QED) is 0.760. The van der Waals surface area contributed by atoms with Gasteiger partial charge in [0.2, 0.25) is 0 Å². The van der Waals surface area contributed by atoms with Gasteiger partial charge >= 0.3 is 0 Å². The molecule has 0 bridgehead atoms. The monoisotopic (exact) mass is 308 g/mol. The fourth-order valence-electron chi connectivity index (χ4n) is 3.43. The minimum Gasteiger partial charge on any atom is -0.310 e. The Morgan fingerprint density at radius 3 is 2.76 bits per heavy atom. The van der Waals surface area contributed by atoms with Crippen molar-refractivity contribution in [2.24, 2.45) is 5.92 Å². The van der Waals surface area contributed by atoms with Crippen molar-refractivity contribution in [3.8, 4) is 0 Å². The van der Waals surface area contributed by atoms with Gasteiger partial charge in [-0.3, -0.25) is 0 Å². The van der Waals surface area contributed by atoms with Crippen LogP contribution < -0.4 is 5.32 Å². The lowest BCUT2D eigenvalue weighted by Gasteiger charge is -2.24. The van der Waals surface area contributed by atoms with Crippen LogP contribution in [0.3, 0.4) is 0 Å². The summed E-state index contributed by atoms with van der Waals surface area (Å²) in [6.45, 7) is 5.55. The van der Waals surface area contributed by atoms with Gasteiger partial charge in [0.1, 0.15) is 0 Å². The summed E-state index contributed by atoms with van der Waals surface area (Å²) in [7, 11) is 2.26. The lowest BCUT2D eigenvalue weighted by molar-refractivity contribution is 0.263. The molecule has 2 rings (SSSR count). The molecule has 1 atom stereocenters. The Bertz CT molecular complexity index is 415. The average molecular weight is 309 g/mol. The predicted molar refractivity (Wildman–Crippen MR) is 91.9 cm³/mol. The van der Waals surface area contributed by atoms with E-state index in [1.54, 1.807) is 0 Å². The summed E-state index contributed by atoms with van der Waals surface area (Å²) in [5.41, 5.74) is 1.30. The standard InChI is InChI=1S/C18H29ClN2/c1-3-20-18(16-9-6-10-17(19)13-16)11-12-21(2)14-15-7-4-5-8-15/h6,9-10,13,15,18,20H,3-5,7-8,11-12,14H2,1-2H3. The maximum Gasteiger partial charge on any atom is 0.0409 e. The van der Waals surface area contributed by atoms with E-state index in [2.05, 4.69) is 36.3 Å². The van der Waals surface area contributed by atoms with Crippen LogP contribution >= 0.6 is 11.6 Å². The molecule has 0 heterocycles. The molecule has 0 aliphatic heterocycles. The summed E-state index contributed by atoms with van der Waals surface area (Å²) in [5.74, 6) is 0.929. The molecule has 0 radical (unpaired) electrons. The first kappa shape index (κ1) is 16.8. The number of hydrogen-bond donors (Lipinski definition) is 1. The van der Waals surface area contributed by atoms with Gasteiger partial charge in [-0.1, -0.05) is 43.5 Å². The van der Waals surface area contributed by atoms with E-state index < -0.39 is 0 Å². The van der Waals surface area contributed by atoms with E-state index in [1.165, 1.54) is 37.8 Å². The molecule has 2 nitrogen and oxygen atoms in total. The van der Waals surface area contributed by atoms with E-state index in [1.807, 2.05) is 12.1 Å². The molecule has 0 aromatic heterocycles. The summed E-state index contributed by atoms with van der Waals surface area (Å²) in [6, 6.07) is 8.66. The highest BCUT2D eigenvalue weighted by atomic mass is 35.5. The Kier molecular flexibility index (Phi) is 7.01. The topological polar surface area (TPSA) is 15.3 Å². The van der Waals surface area contributed by atoms with Crippen LogP contribution in [-0.2, 0) is 0 Å². The van der Waals surface area contributed by atoms with Gasteiger partial charge in [-0.05, 0) is 63.0 Å². The molecule has 1 aliphatic carbocycles. The van der Waals surface area contributed by atoms with Gasteiger partial charge in [0.05, 0.1) is 0 Å². The van der Waals surface area contributed by atoms with Gasteiger partial charge in [-0.25, -0.2) is 0 Å². The largest absolute Gasteiger partial charge is 0.310 e. The Morgan fingerprint density at radius 1 is 1.33 bits per heavy atom. The number of halogens is 1. The van der Waals surface area contributed by atoms with Crippen LogP contribution in [0, 0.1) is 5.92 Å².